The number of hydrogen-bond acceptors (Lipinski definition) is 3. The number of rotatable bonds is 4. The molecule has 0 bridgehead atoms. The number of piperidine rings is 1. The number of nitrogens with zero attached hydrogens (tertiary/aromatic N) is 1. The third kappa shape index (κ3) is 3.96. The third-order valence-corrected chi connectivity index (χ3v) is 4.54. The first-order chi connectivity index (χ1) is 12.1. The summed E-state index contributed by atoms with van der Waals surface area (Å²) in [4.78, 5) is 14.5. The predicted molar refractivity (Wildman–Crippen MR) is 92.8 cm³/mol. The van der Waals surface area contributed by atoms with E-state index in [1.165, 1.54) is 0 Å². The molecule has 2 N–H and O–H groups in total. The van der Waals surface area contributed by atoms with Gasteiger partial charge in [0.2, 0.25) is 0 Å². The molecule has 2 aromatic rings. The molecule has 0 saturated carbocycles. The molecule has 0 aliphatic carbocycles. The van der Waals surface area contributed by atoms with Gasteiger partial charge in [0.25, 0.3) is 5.91 Å². The van der Waals surface area contributed by atoms with Crippen LogP contribution >= 0.6 is 0 Å². The zero-order valence-electron chi connectivity index (χ0n) is 13.7. The summed E-state index contributed by atoms with van der Waals surface area (Å²) < 4.78 is 27.1. The molecule has 25 heavy (non-hydrogen) atoms. The smallest absolute Gasteiger partial charge is 0.258 e. The lowest BCUT2D eigenvalue weighted by molar-refractivity contribution is 0.102. The molecule has 0 spiro atoms. The van der Waals surface area contributed by atoms with Crippen LogP contribution in [-0.4, -0.2) is 30.7 Å². The molecule has 1 heterocycles. The second kappa shape index (κ2) is 7.61. The minimum absolute atomic E-state index is 0.186. The number of aliphatic hydroxyl groups excluding tert-OH is 1. The van der Waals surface area contributed by atoms with Gasteiger partial charge in [-0.15, -0.1) is 0 Å². The molecule has 1 saturated heterocycles. The highest BCUT2D eigenvalue weighted by atomic mass is 19.1. The van der Waals surface area contributed by atoms with Gasteiger partial charge in [0.1, 0.15) is 11.6 Å². The van der Waals surface area contributed by atoms with Crippen molar-refractivity contribution in [2.24, 2.45) is 5.92 Å². The van der Waals surface area contributed by atoms with Crippen LogP contribution in [0.3, 0.4) is 0 Å². The minimum Gasteiger partial charge on any atom is -0.396 e. The van der Waals surface area contributed by atoms with Crippen molar-refractivity contribution in [1.82, 2.24) is 0 Å². The van der Waals surface area contributed by atoms with Crippen LogP contribution in [0, 0.1) is 17.6 Å². The van der Waals surface area contributed by atoms with Crippen molar-refractivity contribution in [3.63, 3.8) is 0 Å². The van der Waals surface area contributed by atoms with Gasteiger partial charge >= 0.3 is 0 Å². The van der Waals surface area contributed by atoms with E-state index < -0.39 is 17.5 Å². The molecule has 3 rings (SSSR count). The fraction of sp³-hybridized carbons (Fsp3) is 0.316. The minimum atomic E-state index is -0.764. The molecule has 0 aromatic heterocycles. The monoisotopic (exact) mass is 346 g/mol. The van der Waals surface area contributed by atoms with Gasteiger partial charge in [-0.1, -0.05) is 12.1 Å². The number of aliphatic hydroxyl groups is 1. The highest BCUT2D eigenvalue weighted by Crippen LogP contribution is 2.30. The van der Waals surface area contributed by atoms with E-state index in [0.717, 1.165) is 49.8 Å². The summed E-state index contributed by atoms with van der Waals surface area (Å²) in [6, 6.07) is 10.1. The van der Waals surface area contributed by atoms with Crippen LogP contribution in [0.5, 0.6) is 0 Å². The van der Waals surface area contributed by atoms with E-state index in [2.05, 4.69) is 10.2 Å². The number of para-hydroxylation sites is 2. The van der Waals surface area contributed by atoms with Gasteiger partial charge in [0, 0.05) is 19.7 Å². The molecule has 1 fully saturated rings. The largest absolute Gasteiger partial charge is 0.396 e. The van der Waals surface area contributed by atoms with Crippen molar-refractivity contribution in [2.75, 3.05) is 29.9 Å². The van der Waals surface area contributed by atoms with Crippen LogP contribution in [-0.2, 0) is 0 Å². The number of carbonyl (C=O) groups is 1. The average molecular weight is 346 g/mol. The van der Waals surface area contributed by atoms with Crippen molar-refractivity contribution in [3.05, 3.63) is 59.7 Å². The number of halogens is 2. The van der Waals surface area contributed by atoms with Crippen LogP contribution in [0.25, 0.3) is 0 Å². The SMILES string of the molecule is O=C(Nc1ccccc1N1CCC(CO)CC1)c1cc(F)ccc1F. The molecule has 2 aromatic carbocycles. The first-order valence-corrected chi connectivity index (χ1v) is 8.29. The molecule has 0 radical (unpaired) electrons. The Balaban J connectivity index is 1.79. The van der Waals surface area contributed by atoms with Crippen LogP contribution in [0.15, 0.2) is 42.5 Å². The van der Waals surface area contributed by atoms with Gasteiger partial charge in [-0.05, 0) is 49.1 Å². The lowest BCUT2D eigenvalue weighted by Crippen LogP contribution is -2.35. The lowest BCUT2D eigenvalue weighted by Gasteiger charge is -2.34. The Morgan fingerprint density at radius 2 is 1.88 bits per heavy atom. The molecule has 132 valence electrons. The first kappa shape index (κ1) is 17.4. The molecule has 0 atom stereocenters. The number of hydrogen-bond donors (Lipinski definition) is 2. The van der Waals surface area contributed by atoms with Gasteiger partial charge < -0.3 is 15.3 Å². The van der Waals surface area contributed by atoms with Crippen molar-refractivity contribution in [2.45, 2.75) is 12.8 Å². The number of nitrogens with one attached hydrogen (secondary N) is 1. The maximum Gasteiger partial charge on any atom is 0.258 e. The molecule has 1 amide bonds. The van der Waals surface area contributed by atoms with Crippen molar-refractivity contribution in [3.8, 4) is 0 Å². The standard InChI is InChI=1S/C19H20F2N2O2/c20-14-5-6-16(21)15(11-14)19(25)22-17-3-1-2-4-18(17)23-9-7-13(12-24)8-10-23/h1-6,11,13,24H,7-10,12H2,(H,22,25). The Morgan fingerprint density at radius 3 is 2.60 bits per heavy atom. The van der Waals surface area contributed by atoms with Crippen LogP contribution in [0.2, 0.25) is 0 Å². The zero-order valence-corrected chi connectivity index (χ0v) is 13.7. The Hall–Kier alpha value is -2.47. The summed E-state index contributed by atoms with van der Waals surface area (Å²) in [6.07, 6.45) is 1.74. The first-order valence-electron chi connectivity index (χ1n) is 8.29. The zero-order chi connectivity index (χ0) is 17.8. The number of anilines is 2. The summed E-state index contributed by atoms with van der Waals surface area (Å²) in [5.41, 5.74) is 1.07. The van der Waals surface area contributed by atoms with Crippen molar-refractivity contribution >= 4 is 17.3 Å². The van der Waals surface area contributed by atoms with E-state index in [4.69, 9.17) is 0 Å². The van der Waals surface area contributed by atoms with Gasteiger partial charge in [0.05, 0.1) is 16.9 Å². The van der Waals surface area contributed by atoms with E-state index >= 15 is 0 Å². The van der Waals surface area contributed by atoms with Crippen LogP contribution in [0.4, 0.5) is 20.2 Å². The second-order valence-electron chi connectivity index (χ2n) is 6.21. The molecule has 6 heteroatoms. The van der Waals surface area contributed by atoms with Gasteiger partial charge in [0.15, 0.2) is 0 Å². The number of carbonyl (C=O) groups excluding carboxylic acids is 1. The molecule has 0 unspecified atom stereocenters. The van der Waals surface area contributed by atoms with E-state index in [1.807, 2.05) is 12.1 Å². The quantitative estimate of drug-likeness (QED) is 0.892. The number of benzene rings is 2. The molecular formula is C19H20F2N2O2. The lowest BCUT2D eigenvalue weighted by atomic mass is 9.97. The summed E-state index contributed by atoms with van der Waals surface area (Å²) >= 11 is 0. The Morgan fingerprint density at radius 1 is 1.16 bits per heavy atom. The average Bonchev–Trinajstić information content (AvgIpc) is 2.64. The van der Waals surface area contributed by atoms with E-state index in [1.54, 1.807) is 12.1 Å². The van der Waals surface area contributed by atoms with E-state index in [9.17, 15) is 18.7 Å². The van der Waals surface area contributed by atoms with Crippen LogP contribution in [0.1, 0.15) is 23.2 Å². The Kier molecular flexibility index (Phi) is 5.28. The normalized spacial score (nSPS) is 15.2. The van der Waals surface area contributed by atoms with Gasteiger partial charge in [-0.2, -0.15) is 0 Å². The highest BCUT2D eigenvalue weighted by Gasteiger charge is 2.21. The van der Waals surface area contributed by atoms with Gasteiger partial charge in [-0.3, -0.25) is 4.79 Å². The predicted octanol–water partition coefficient (Wildman–Crippen LogP) is 3.43. The summed E-state index contributed by atoms with van der Waals surface area (Å²) in [6.45, 7) is 1.73. The number of amides is 1. The van der Waals surface area contributed by atoms with Crippen molar-refractivity contribution < 1.29 is 18.7 Å². The molecule has 4 nitrogen and oxygen atoms in total. The third-order valence-electron chi connectivity index (χ3n) is 4.54. The molecule has 1 aliphatic rings. The molecule has 1 aliphatic heterocycles. The Labute approximate surface area is 145 Å². The summed E-state index contributed by atoms with van der Waals surface area (Å²) in [5, 5.41) is 11.9. The fourth-order valence-corrected chi connectivity index (χ4v) is 3.07. The summed E-state index contributed by atoms with van der Waals surface area (Å²) in [5.74, 6) is -1.81. The van der Waals surface area contributed by atoms with E-state index in [0.29, 0.717) is 11.6 Å². The Bertz CT molecular complexity index is 759. The summed E-state index contributed by atoms with van der Waals surface area (Å²) in [7, 11) is 0. The highest BCUT2D eigenvalue weighted by molar-refractivity contribution is 6.06. The van der Waals surface area contributed by atoms with Crippen molar-refractivity contribution in [1.29, 1.82) is 0 Å². The maximum absolute atomic E-state index is 13.8. The topological polar surface area (TPSA) is 52.6 Å². The van der Waals surface area contributed by atoms with E-state index in [-0.39, 0.29) is 12.2 Å². The fourth-order valence-electron chi connectivity index (χ4n) is 3.07. The van der Waals surface area contributed by atoms with Crippen LogP contribution < -0.4 is 10.2 Å². The maximum atomic E-state index is 13.8. The van der Waals surface area contributed by atoms with Gasteiger partial charge in [-0.25, -0.2) is 8.78 Å². The molecular weight excluding hydrogens is 326 g/mol. The second-order valence-corrected chi connectivity index (χ2v) is 6.21.